The highest BCUT2D eigenvalue weighted by Crippen LogP contribution is 2.34. The number of likely N-dealkylation sites (tertiary alicyclic amines) is 1. The first-order valence-electron chi connectivity index (χ1n) is 10.2. The summed E-state index contributed by atoms with van der Waals surface area (Å²) in [6, 6.07) is 11.8. The maximum atomic E-state index is 13.6. The lowest BCUT2D eigenvalue weighted by Gasteiger charge is -2.31. The molecule has 0 N–H and O–H groups in total. The molecule has 0 saturated carbocycles. The van der Waals surface area contributed by atoms with Gasteiger partial charge >= 0.3 is 0 Å². The summed E-state index contributed by atoms with van der Waals surface area (Å²) in [5.41, 5.74) is 1.28. The minimum atomic E-state index is -3.99. The van der Waals surface area contributed by atoms with Gasteiger partial charge in [0.15, 0.2) is 11.5 Å². The summed E-state index contributed by atoms with van der Waals surface area (Å²) in [6.07, 6.45) is 3.00. The zero-order chi connectivity index (χ0) is 21.1. The molecule has 30 heavy (non-hydrogen) atoms. The normalized spacial score (nSPS) is 16.2. The first-order valence-corrected chi connectivity index (χ1v) is 11.7. The van der Waals surface area contributed by atoms with Gasteiger partial charge in [0.25, 0.3) is 10.0 Å². The molecule has 2 aromatic carbocycles. The molecule has 0 radical (unpaired) electrons. The van der Waals surface area contributed by atoms with Crippen LogP contribution in [0.4, 0.5) is 5.69 Å². The van der Waals surface area contributed by atoms with Crippen molar-refractivity contribution < 1.29 is 22.7 Å². The van der Waals surface area contributed by atoms with Crippen LogP contribution in [0.15, 0.2) is 47.4 Å². The Kier molecular flexibility index (Phi) is 5.85. The van der Waals surface area contributed by atoms with Gasteiger partial charge < -0.3 is 14.4 Å². The minimum Gasteiger partial charge on any atom is -0.486 e. The van der Waals surface area contributed by atoms with E-state index in [4.69, 9.17) is 9.47 Å². The number of hydrogen-bond donors (Lipinski definition) is 0. The molecule has 0 aromatic heterocycles. The van der Waals surface area contributed by atoms with E-state index in [1.165, 1.54) is 16.4 Å². The number of amides is 1. The van der Waals surface area contributed by atoms with Gasteiger partial charge in [0.1, 0.15) is 19.8 Å². The summed E-state index contributed by atoms with van der Waals surface area (Å²) in [5, 5.41) is 0. The number of rotatable bonds is 5. The first kappa shape index (κ1) is 20.5. The van der Waals surface area contributed by atoms with Crippen LogP contribution in [0.1, 0.15) is 24.8 Å². The first-order chi connectivity index (χ1) is 14.5. The third kappa shape index (κ3) is 4.09. The maximum Gasteiger partial charge on any atom is 0.264 e. The molecular weight excluding hydrogens is 404 g/mol. The van der Waals surface area contributed by atoms with Crippen LogP contribution in [-0.2, 0) is 14.8 Å². The summed E-state index contributed by atoms with van der Waals surface area (Å²) in [7, 11) is -3.99. The Morgan fingerprint density at radius 3 is 2.43 bits per heavy atom. The molecule has 2 aromatic rings. The summed E-state index contributed by atoms with van der Waals surface area (Å²) in [5.74, 6) is 0.737. The number of para-hydroxylation sites is 1. The number of aryl methyl sites for hydroxylation is 1. The molecular formula is C22H26N2O5S. The third-order valence-electron chi connectivity index (χ3n) is 5.47. The SMILES string of the molecule is Cc1ccccc1N(CC(=O)N1CCCCC1)S(=O)(=O)c1ccc2c(c1)OCCO2. The number of sulfonamides is 1. The van der Waals surface area contributed by atoms with Gasteiger partial charge in [-0.15, -0.1) is 0 Å². The monoisotopic (exact) mass is 430 g/mol. The number of anilines is 1. The molecule has 1 saturated heterocycles. The lowest BCUT2D eigenvalue weighted by atomic mass is 10.1. The summed E-state index contributed by atoms with van der Waals surface area (Å²) < 4.78 is 39.6. The predicted octanol–water partition coefficient (Wildman–Crippen LogP) is 2.97. The second-order valence-corrected chi connectivity index (χ2v) is 9.41. The van der Waals surface area contributed by atoms with Crippen LogP contribution in [0.3, 0.4) is 0 Å². The van der Waals surface area contributed by atoms with E-state index in [-0.39, 0.29) is 17.3 Å². The summed E-state index contributed by atoms with van der Waals surface area (Å²) in [4.78, 5) is 14.8. The Morgan fingerprint density at radius 1 is 1.00 bits per heavy atom. The van der Waals surface area contributed by atoms with Crippen molar-refractivity contribution in [3.63, 3.8) is 0 Å². The fraction of sp³-hybridized carbons (Fsp3) is 0.409. The zero-order valence-corrected chi connectivity index (χ0v) is 17.9. The highest BCUT2D eigenvalue weighted by Gasteiger charge is 2.31. The van der Waals surface area contributed by atoms with Crippen LogP contribution >= 0.6 is 0 Å². The molecule has 2 aliphatic rings. The average molecular weight is 431 g/mol. The highest BCUT2D eigenvalue weighted by atomic mass is 32.2. The van der Waals surface area contributed by atoms with Crippen LogP contribution in [0.5, 0.6) is 11.5 Å². The van der Waals surface area contributed by atoms with Gasteiger partial charge in [-0.3, -0.25) is 9.10 Å². The molecule has 0 unspecified atom stereocenters. The van der Waals surface area contributed by atoms with E-state index in [1.807, 2.05) is 19.1 Å². The molecule has 1 amide bonds. The smallest absolute Gasteiger partial charge is 0.264 e. The number of fused-ring (bicyclic) bond motifs is 1. The van der Waals surface area contributed by atoms with Crippen LogP contribution in [0.2, 0.25) is 0 Å². The molecule has 0 aliphatic carbocycles. The van der Waals surface area contributed by atoms with Crippen molar-refractivity contribution >= 4 is 21.6 Å². The molecule has 2 heterocycles. The zero-order valence-electron chi connectivity index (χ0n) is 17.0. The van der Waals surface area contributed by atoms with E-state index in [0.29, 0.717) is 43.5 Å². The van der Waals surface area contributed by atoms with Gasteiger partial charge in [-0.1, -0.05) is 18.2 Å². The fourth-order valence-corrected chi connectivity index (χ4v) is 5.32. The number of carbonyl (C=O) groups excluding carboxylic acids is 1. The molecule has 7 nitrogen and oxygen atoms in total. The maximum absolute atomic E-state index is 13.6. The standard InChI is InChI=1S/C22H26N2O5S/c1-17-7-3-4-8-19(17)24(16-22(25)23-11-5-2-6-12-23)30(26,27)18-9-10-20-21(15-18)29-14-13-28-20/h3-4,7-10,15H,2,5-6,11-14,16H2,1H3. The summed E-state index contributed by atoms with van der Waals surface area (Å²) >= 11 is 0. The van der Waals surface area contributed by atoms with E-state index in [1.54, 1.807) is 23.1 Å². The quantitative estimate of drug-likeness (QED) is 0.729. The van der Waals surface area contributed by atoms with Gasteiger partial charge in [0.05, 0.1) is 10.6 Å². The molecule has 0 atom stereocenters. The van der Waals surface area contributed by atoms with Crippen molar-refractivity contribution in [3.05, 3.63) is 48.0 Å². The average Bonchev–Trinajstić information content (AvgIpc) is 2.78. The Hall–Kier alpha value is -2.74. The van der Waals surface area contributed by atoms with Gasteiger partial charge in [-0.2, -0.15) is 0 Å². The third-order valence-corrected chi connectivity index (χ3v) is 7.23. The molecule has 2 aliphatic heterocycles. The van der Waals surface area contributed by atoms with Gasteiger partial charge in [-0.05, 0) is 49.9 Å². The van der Waals surface area contributed by atoms with Gasteiger partial charge in [0.2, 0.25) is 5.91 Å². The van der Waals surface area contributed by atoms with Crippen LogP contribution in [-0.4, -0.2) is 52.1 Å². The molecule has 0 spiro atoms. The number of piperidine rings is 1. The van der Waals surface area contributed by atoms with Gasteiger partial charge in [0, 0.05) is 19.2 Å². The second-order valence-electron chi connectivity index (χ2n) is 7.55. The van der Waals surface area contributed by atoms with Crippen LogP contribution in [0.25, 0.3) is 0 Å². The largest absolute Gasteiger partial charge is 0.486 e. The lowest BCUT2D eigenvalue weighted by Crippen LogP contribution is -2.45. The molecule has 0 bridgehead atoms. The Morgan fingerprint density at radius 2 is 1.70 bits per heavy atom. The number of hydrogen-bond acceptors (Lipinski definition) is 5. The summed E-state index contributed by atoms with van der Waals surface area (Å²) in [6.45, 7) is 3.74. The topological polar surface area (TPSA) is 76.2 Å². The number of carbonyl (C=O) groups is 1. The van der Waals surface area contributed by atoms with E-state index in [9.17, 15) is 13.2 Å². The van der Waals surface area contributed by atoms with Crippen LogP contribution < -0.4 is 13.8 Å². The van der Waals surface area contributed by atoms with E-state index in [2.05, 4.69) is 0 Å². The van der Waals surface area contributed by atoms with E-state index >= 15 is 0 Å². The van der Waals surface area contributed by atoms with Crippen molar-refractivity contribution in [2.45, 2.75) is 31.1 Å². The molecule has 4 rings (SSSR count). The highest BCUT2D eigenvalue weighted by molar-refractivity contribution is 7.92. The number of nitrogens with zero attached hydrogens (tertiary/aromatic N) is 2. The Balaban J connectivity index is 1.71. The minimum absolute atomic E-state index is 0.0708. The van der Waals surface area contributed by atoms with Gasteiger partial charge in [-0.25, -0.2) is 8.42 Å². The fourth-order valence-electron chi connectivity index (χ4n) is 3.82. The van der Waals surface area contributed by atoms with Crippen molar-refractivity contribution in [1.82, 2.24) is 4.90 Å². The van der Waals surface area contributed by atoms with Crippen molar-refractivity contribution in [3.8, 4) is 11.5 Å². The lowest BCUT2D eigenvalue weighted by molar-refractivity contribution is -0.130. The molecule has 8 heteroatoms. The molecule has 1 fully saturated rings. The Labute approximate surface area is 177 Å². The number of ether oxygens (including phenoxy) is 2. The Bertz CT molecular complexity index is 1030. The van der Waals surface area contributed by atoms with E-state index in [0.717, 1.165) is 24.8 Å². The van der Waals surface area contributed by atoms with Crippen molar-refractivity contribution in [2.24, 2.45) is 0 Å². The number of benzene rings is 2. The van der Waals surface area contributed by atoms with Crippen LogP contribution in [0, 0.1) is 6.92 Å². The molecule has 160 valence electrons. The predicted molar refractivity (Wildman–Crippen MR) is 114 cm³/mol. The van der Waals surface area contributed by atoms with E-state index < -0.39 is 10.0 Å². The van der Waals surface area contributed by atoms with Crippen molar-refractivity contribution in [1.29, 1.82) is 0 Å². The van der Waals surface area contributed by atoms with Crippen molar-refractivity contribution in [2.75, 3.05) is 37.2 Å². The second kappa shape index (κ2) is 8.55.